The molecule has 1 aromatic heterocycles. The van der Waals surface area contributed by atoms with E-state index in [0.29, 0.717) is 11.4 Å². The first-order valence-electron chi connectivity index (χ1n) is 5.84. The van der Waals surface area contributed by atoms with Crippen LogP contribution in [-0.4, -0.2) is 19.9 Å². The molecule has 0 bridgehead atoms. The van der Waals surface area contributed by atoms with E-state index in [1.165, 1.54) is 10.7 Å². The van der Waals surface area contributed by atoms with E-state index in [0.717, 1.165) is 12.0 Å². The van der Waals surface area contributed by atoms with Crippen LogP contribution in [-0.2, 0) is 0 Å². The number of alkyl halides is 1. The molecule has 0 fully saturated rings. The van der Waals surface area contributed by atoms with Gasteiger partial charge in [0, 0.05) is 6.07 Å². The molecule has 2 aromatic rings. The van der Waals surface area contributed by atoms with Crippen molar-refractivity contribution in [3.8, 4) is 5.69 Å². The topological polar surface area (TPSA) is 73.8 Å². The third-order valence-electron chi connectivity index (χ3n) is 2.76. The molecule has 0 aliphatic heterocycles. The molecule has 0 aliphatic rings. The number of aryl methyl sites for hydroxylation is 1. The summed E-state index contributed by atoms with van der Waals surface area (Å²) in [7, 11) is 0. The lowest BCUT2D eigenvalue weighted by Crippen LogP contribution is -2.01. The molecule has 0 amide bonds. The third kappa shape index (κ3) is 2.73. The van der Waals surface area contributed by atoms with Crippen LogP contribution in [0.15, 0.2) is 24.4 Å². The van der Waals surface area contributed by atoms with E-state index in [1.807, 2.05) is 13.8 Å². The summed E-state index contributed by atoms with van der Waals surface area (Å²) in [5.74, 6) is 0. The minimum Gasteiger partial charge on any atom is -0.258 e. The Morgan fingerprint density at radius 1 is 1.53 bits per heavy atom. The number of nitrogens with zero attached hydrogens (tertiary/aromatic N) is 4. The minimum absolute atomic E-state index is 0.00956. The van der Waals surface area contributed by atoms with Crippen LogP contribution in [0.3, 0.4) is 0 Å². The highest BCUT2D eigenvalue weighted by molar-refractivity contribution is 6.20. The van der Waals surface area contributed by atoms with Gasteiger partial charge in [0.05, 0.1) is 16.5 Å². The first-order valence-corrected chi connectivity index (χ1v) is 6.28. The summed E-state index contributed by atoms with van der Waals surface area (Å²) in [5.41, 5.74) is 1.91. The molecular weight excluding hydrogens is 268 g/mol. The molecule has 1 unspecified atom stereocenters. The summed E-state index contributed by atoms with van der Waals surface area (Å²) >= 11 is 6.08. The normalized spacial score (nSPS) is 12.4. The maximum atomic E-state index is 11.0. The number of rotatable bonds is 4. The Bertz CT molecular complexity index is 612. The Labute approximate surface area is 115 Å². The van der Waals surface area contributed by atoms with E-state index < -0.39 is 4.92 Å². The van der Waals surface area contributed by atoms with Gasteiger partial charge < -0.3 is 0 Å². The van der Waals surface area contributed by atoms with Crippen LogP contribution in [0, 0.1) is 17.0 Å². The second kappa shape index (κ2) is 5.36. The predicted octanol–water partition coefficient (Wildman–Crippen LogP) is 3.17. The second-order valence-electron chi connectivity index (χ2n) is 4.21. The molecule has 7 heteroatoms. The molecule has 0 radical (unpaired) electrons. The van der Waals surface area contributed by atoms with Crippen molar-refractivity contribution in [1.82, 2.24) is 15.0 Å². The van der Waals surface area contributed by atoms with E-state index >= 15 is 0 Å². The molecule has 1 heterocycles. The molecule has 1 aromatic carbocycles. The van der Waals surface area contributed by atoms with E-state index in [9.17, 15) is 10.1 Å². The van der Waals surface area contributed by atoms with Gasteiger partial charge in [-0.25, -0.2) is 4.68 Å². The maximum absolute atomic E-state index is 11.0. The quantitative estimate of drug-likeness (QED) is 0.490. The lowest BCUT2D eigenvalue weighted by molar-refractivity contribution is -0.384. The number of hydrogen-bond donors (Lipinski definition) is 0. The Balaban J connectivity index is 2.49. The van der Waals surface area contributed by atoms with Crippen LogP contribution < -0.4 is 0 Å². The van der Waals surface area contributed by atoms with Crippen molar-refractivity contribution in [3.63, 3.8) is 0 Å². The SMILES string of the molecule is CCC(Cl)c1cn(-c2cc(C)ccc2[N+](=O)[O-])nn1. The van der Waals surface area contributed by atoms with Crippen LogP contribution in [0.5, 0.6) is 0 Å². The van der Waals surface area contributed by atoms with Crippen LogP contribution in [0.1, 0.15) is 30.0 Å². The number of benzene rings is 1. The molecule has 0 N–H and O–H groups in total. The third-order valence-corrected chi connectivity index (χ3v) is 3.30. The molecule has 0 saturated heterocycles. The summed E-state index contributed by atoms with van der Waals surface area (Å²) in [4.78, 5) is 10.6. The Morgan fingerprint density at radius 3 is 2.89 bits per heavy atom. The molecule has 0 aliphatic carbocycles. The van der Waals surface area contributed by atoms with Crippen molar-refractivity contribution >= 4 is 17.3 Å². The predicted molar refractivity (Wildman–Crippen MR) is 71.6 cm³/mol. The average molecular weight is 281 g/mol. The minimum atomic E-state index is -0.436. The van der Waals surface area contributed by atoms with Gasteiger partial charge in [-0.15, -0.1) is 16.7 Å². The van der Waals surface area contributed by atoms with Crippen LogP contribution in [0.25, 0.3) is 5.69 Å². The van der Waals surface area contributed by atoms with E-state index in [2.05, 4.69) is 10.3 Å². The number of aromatic nitrogens is 3. The standard InChI is InChI=1S/C12H13ClN4O2/c1-3-9(13)10-7-16(15-14-10)12-6-8(2)4-5-11(12)17(18)19/h4-7,9H,3H2,1-2H3. The van der Waals surface area contributed by atoms with Gasteiger partial charge in [0.25, 0.3) is 5.69 Å². The highest BCUT2D eigenvalue weighted by Gasteiger charge is 2.18. The lowest BCUT2D eigenvalue weighted by Gasteiger charge is -2.03. The largest absolute Gasteiger partial charge is 0.294 e. The van der Waals surface area contributed by atoms with Crippen LogP contribution in [0.4, 0.5) is 5.69 Å². The van der Waals surface area contributed by atoms with Crippen LogP contribution in [0.2, 0.25) is 0 Å². The van der Waals surface area contributed by atoms with Crippen molar-refractivity contribution < 1.29 is 4.92 Å². The Hall–Kier alpha value is -1.95. The maximum Gasteiger partial charge on any atom is 0.294 e. The van der Waals surface area contributed by atoms with Crippen molar-refractivity contribution in [3.05, 3.63) is 45.8 Å². The fourth-order valence-electron chi connectivity index (χ4n) is 1.72. The van der Waals surface area contributed by atoms with Crippen molar-refractivity contribution in [1.29, 1.82) is 0 Å². The van der Waals surface area contributed by atoms with Gasteiger partial charge in [-0.05, 0) is 25.0 Å². The second-order valence-corrected chi connectivity index (χ2v) is 4.74. The molecule has 6 nitrogen and oxygen atoms in total. The first-order chi connectivity index (χ1) is 9.02. The van der Waals surface area contributed by atoms with Gasteiger partial charge >= 0.3 is 0 Å². The van der Waals surface area contributed by atoms with Gasteiger partial charge in [-0.1, -0.05) is 18.2 Å². The smallest absolute Gasteiger partial charge is 0.258 e. The summed E-state index contributed by atoms with van der Waals surface area (Å²) < 4.78 is 1.39. The van der Waals surface area contributed by atoms with Gasteiger partial charge in [-0.2, -0.15) is 0 Å². The number of halogens is 1. The van der Waals surface area contributed by atoms with Crippen molar-refractivity contribution in [2.24, 2.45) is 0 Å². The molecule has 0 spiro atoms. The first kappa shape index (κ1) is 13.5. The zero-order valence-electron chi connectivity index (χ0n) is 10.6. The fourth-order valence-corrected chi connectivity index (χ4v) is 1.82. The number of nitro benzene ring substituents is 1. The van der Waals surface area contributed by atoms with Gasteiger partial charge in [-0.3, -0.25) is 10.1 Å². The molecule has 19 heavy (non-hydrogen) atoms. The molecule has 2 rings (SSSR count). The van der Waals surface area contributed by atoms with E-state index in [1.54, 1.807) is 18.3 Å². The van der Waals surface area contributed by atoms with Crippen molar-refractivity contribution in [2.45, 2.75) is 25.6 Å². The van der Waals surface area contributed by atoms with E-state index in [-0.39, 0.29) is 11.1 Å². The summed E-state index contributed by atoms with van der Waals surface area (Å²) in [6, 6.07) is 4.85. The Kier molecular flexibility index (Phi) is 3.80. The molecule has 1 atom stereocenters. The summed E-state index contributed by atoms with van der Waals surface area (Å²) in [6.07, 6.45) is 2.35. The fraction of sp³-hybridized carbons (Fsp3) is 0.333. The average Bonchev–Trinajstić information content (AvgIpc) is 2.86. The molecular formula is C12H13ClN4O2. The van der Waals surface area contributed by atoms with Crippen LogP contribution >= 0.6 is 11.6 Å². The zero-order chi connectivity index (χ0) is 14.0. The summed E-state index contributed by atoms with van der Waals surface area (Å²) in [6.45, 7) is 3.80. The molecule has 100 valence electrons. The zero-order valence-corrected chi connectivity index (χ0v) is 11.3. The van der Waals surface area contributed by atoms with Gasteiger partial charge in [0.1, 0.15) is 11.4 Å². The number of nitro groups is 1. The summed E-state index contributed by atoms with van der Waals surface area (Å²) in [5, 5.41) is 18.7. The molecule has 0 saturated carbocycles. The number of hydrogen-bond acceptors (Lipinski definition) is 4. The monoisotopic (exact) mass is 280 g/mol. The van der Waals surface area contributed by atoms with Crippen molar-refractivity contribution in [2.75, 3.05) is 0 Å². The highest BCUT2D eigenvalue weighted by atomic mass is 35.5. The van der Waals surface area contributed by atoms with Gasteiger partial charge in [0.15, 0.2) is 0 Å². The Morgan fingerprint density at radius 2 is 2.26 bits per heavy atom. The van der Waals surface area contributed by atoms with Gasteiger partial charge in [0.2, 0.25) is 0 Å². The van der Waals surface area contributed by atoms with E-state index in [4.69, 9.17) is 11.6 Å². The highest BCUT2D eigenvalue weighted by Crippen LogP contribution is 2.26. The lowest BCUT2D eigenvalue weighted by atomic mass is 10.2.